The van der Waals surface area contributed by atoms with E-state index in [0.717, 1.165) is 17.3 Å². The number of nitrogens with one attached hydrogen (secondary N) is 1. The number of hydrazine groups is 1. The van der Waals surface area contributed by atoms with Gasteiger partial charge < -0.3 is 0 Å². The van der Waals surface area contributed by atoms with Crippen molar-refractivity contribution in [3.63, 3.8) is 0 Å². The van der Waals surface area contributed by atoms with E-state index in [4.69, 9.17) is 5.84 Å². The molecule has 2 rings (SSSR count). The van der Waals surface area contributed by atoms with Crippen LogP contribution in [0.15, 0.2) is 12.1 Å². The second-order valence-electron chi connectivity index (χ2n) is 5.89. The van der Waals surface area contributed by atoms with Crippen molar-refractivity contribution in [3.8, 4) is 0 Å². The van der Waals surface area contributed by atoms with Gasteiger partial charge >= 0.3 is 0 Å². The van der Waals surface area contributed by atoms with Gasteiger partial charge in [0, 0.05) is 11.4 Å². The SMILES string of the molecule is CCC1CCCCC1C(NN)c1ccc(C)nc1C. The van der Waals surface area contributed by atoms with Crippen molar-refractivity contribution in [2.45, 2.75) is 58.9 Å². The van der Waals surface area contributed by atoms with Gasteiger partial charge in [-0.3, -0.25) is 16.3 Å². The van der Waals surface area contributed by atoms with Crippen LogP contribution >= 0.6 is 0 Å². The van der Waals surface area contributed by atoms with Gasteiger partial charge in [0.15, 0.2) is 0 Å². The number of nitrogens with zero attached hydrogens (tertiary/aromatic N) is 1. The lowest BCUT2D eigenvalue weighted by Crippen LogP contribution is -2.38. The molecule has 1 saturated carbocycles. The maximum absolute atomic E-state index is 5.88. The quantitative estimate of drug-likeness (QED) is 0.645. The lowest BCUT2D eigenvalue weighted by Gasteiger charge is -2.37. The summed E-state index contributed by atoms with van der Waals surface area (Å²) in [6.45, 7) is 6.43. The number of hydrogen-bond donors (Lipinski definition) is 2. The smallest absolute Gasteiger partial charge is 0.0508 e. The number of pyridine rings is 1. The van der Waals surface area contributed by atoms with Crippen molar-refractivity contribution in [3.05, 3.63) is 29.1 Å². The fraction of sp³-hybridized carbons (Fsp3) is 0.688. The Morgan fingerprint density at radius 3 is 2.68 bits per heavy atom. The van der Waals surface area contributed by atoms with Crippen LogP contribution in [0.2, 0.25) is 0 Å². The molecule has 1 aliphatic carbocycles. The lowest BCUT2D eigenvalue weighted by molar-refractivity contribution is 0.175. The molecule has 3 nitrogen and oxygen atoms in total. The highest BCUT2D eigenvalue weighted by atomic mass is 15.2. The average molecular weight is 261 g/mol. The highest BCUT2D eigenvalue weighted by Crippen LogP contribution is 2.40. The van der Waals surface area contributed by atoms with Crippen molar-refractivity contribution in [2.24, 2.45) is 17.7 Å². The Morgan fingerprint density at radius 2 is 2.05 bits per heavy atom. The van der Waals surface area contributed by atoms with Crippen molar-refractivity contribution >= 4 is 0 Å². The second kappa shape index (κ2) is 6.49. The molecule has 0 spiro atoms. The van der Waals surface area contributed by atoms with Crippen LogP contribution in [0.1, 0.15) is 62.0 Å². The van der Waals surface area contributed by atoms with E-state index in [2.05, 4.69) is 36.4 Å². The molecular formula is C16H27N3. The largest absolute Gasteiger partial charge is 0.271 e. The Kier molecular flexibility index (Phi) is 4.94. The molecule has 3 unspecified atom stereocenters. The molecule has 0 aromatic carbocycles. The molecular weight excluding hydrogens is 234 g/mol. The Balaban J connectivity index is 2.27. The summed E-state index contributed by atoms with van der Waals surface area (Å²) in [4.78, 5) is 4.59. The summed E-state index contributed by atoms with van der Waals surface area (Å²) in [6, 6.07) is 4.54. The minimum Gasteiger partial charge on any atom is -0.271 e. The molecule has 3 atom stereocenters. The van der Waals surface area contributed by atoms with Crippen molar-refractivity contribution < 1.29 is 0 Å². The molecule has 3 heteroatoms. The normalized spacial score (nSPS) is 25.3. The van der Waals surface area contributed by atoms with Crippen LogP contribution in [0, 0.1) is 25.7 Å². The molecule has 1 aromatic heterocycles. The van der Waals surface area contributed by atoms with Gasteiger partial charge in [0.1, 0.15) is 0 Å². The van der Waals surface area contributed by atoms with Crippen molar-refractivity contribution in [1.29, 1.82) is 0 Å². The van der Waals surface area contributed by atoms with Gasteiger partial charge in [-0.1, -0.05) is 38.7 Å². The van der Waals surface area contributed by atoms with Gasteiger partial charge in [-0.15, -0.1) is 0 Å². The van der Waals surface area contributed by atoms with E-state index in [1.54, 1.807) is 0 Å². The highest BCUT2D eigenvalue weighted by Gasteiger charge is 2.32. The molecule has 0 radical (unpaired) electrons. The van der Waals surface area contributed by atoms with Gasteiger partial charge in [0.05, 0.1) is 6.04 Å². The molecule has 19 heavy (non-hydrogen) atoms. The van der Waals surface area contributed by atoms with Gasteiger partial charge in [-0.25, -0.2) is 0 Å². The summed E-state index contributed by atoms with van der Waals surface area (Å²) in [5.41, 5.74) is 6.54. The van der Waals surface area contributed by atoms with Gasteiger partial charge in [0.25, 0.3) is 0 Å². The zero-order valence-electron chi connectivity index (χ0n) is 12.4. The Hall–Kier alpha value is -0.930. The van der Waals surface area contributed by atoms with E-state index in [1.165, 1.54) is 37.7 Å². The second-order valence-corrected chi connectivity index (χ2v) is 5.89. The van der Waals surface area contributed by atoms with Crippen LogP contribution in [0.5, 0.6) is 0 Å². The van der Waals surface area contributed by atoms with E-state index in [0.29, 0.717) is 5.92 Å². The van der Waals surface area contributed by atoms with E-state index >= 15 is 0 Å². The summed E-state index contributed by atoms with van der Waals surface area (Å²) in [7, 11) is 0. The predicted octanol–water partition coefficient (Wildman–Crippen LogP) is 3.42. The maximum Gasteiger partial charge on any atom is 0.0508 e. The zero-order chi connectivity index (χ0) is 13.8. The first kappa shape index (κ1) is 14.5. The predicted molar refractivity (Wildman–Crippen MR) is 79.5 cm³/mol. The number of aryl methyl sites for hydroxylation is 2. The minimum absolute atomic E-state index is 0.248. The van der Waals surface area contributed by atoms with Crippen molar-refractivity contribution in [2.75, 3.05) is 0 Å². The van der Waals surface area contributed by atoms with Gasteiger partial charge in [-0.2, -0.15) is 0 Å². The topological polar surface area (TPSA) is 50.9 Å². The first-order valence-corrected chi connectivity index (χ1v) is 7.57. The van der Waals surface area contributed by atoms with Crippen LogP contribution in [-0.2, 0) is 0 Å². The Bertz CT molecular complexity index is 416. The standard InChI is InChI=1S/C16H27N3/c1-4-13-7-5-6-8-15(13)16(19-17)14-10-9-11(2)18-12(14)3/h9-10,13,15-16,19H,4-8,17H2,1-3H3. The fourth-order valence-electron chi connectivity index (χ4n) is 3.65. The third-order valence-electron chi connectivity index (χ3n) is 4.70. The molecule has 1 aliphatic rings. The number of aromatic nitrogens is 1. The zero-order valence-corrected chi connectivity index (χ0v) is 12.4. The third kappa shape index (κ3) is 3.15. The third-order valence-corrected chi connectivity index (χ3v) is 4.70. The minimum atomic E-state index is 0.248. The first-order chi connectivity index (χ1) is 9.17. The number of nitrogens with two attached hydrogens (primary N) is 1. The summed E-state index contributed by atoms with van der Waals surface area (Å²) in [5, 5.41) is 0. The average Bonchev–Trinajstić information content (AvgIpc) is 2.42. The molecule has 1 heterocycles. The highest BCUT2D eigenvalue weighted by molar-refractivity contribution is 5.26. The monoisotopic (exact) mass is 261 g/mol. The van der Waals surface area contributed by atoms with Crippen LogP contribution in [0.25, 0.3) is 0 Å². The molecule has 0 saturated heterocycles. The molecule has 3 N–H and O–H groups in total. The molecule has 1 aromatic rings. The molecule has 0 amide bonds. The summed E-state index contributed by atoms with van der Waals surface area (Å²) in [6.07, 6.45) is 6.58. The van der Waals surface area contributed by atoms with Gasteiger partial charge in [-0.05, 0) is 43.7 Å². The van der Waals surface area contributed by atoms with Crippen LogP contribution < -0.4 is 11.3 Å². The summed E-state index contributed by atoms with van der Waals surface area (Å²) in [5.74, 6) is 7.31. The van der Waals surface area contributed by atoms with E-state index in [9.17, 15) is 0 Å². The first-order valence-electron chi connectivity index (χ1n) is 7.57. The Labute approximate surface area is 117 Å². The van der Waals surface area contributed by atoms with E-state index < -0.39 is 0 Å². The maximum atomic E-state index is 5.88. The molecule has 106 valence electrons. The van der Waals surface area contributed by atoms with E-state index in [1.807, 2.05) is 6.92 Å². The fourth-order valence-corrected chi connectivity index (χ4v) is 3.65. The Morgan fingerprint density at radius 1 is 1.32 bits per heavy atom. The molecule has 0 aliphatic heterocycles. The van der Waals surface area contributed by atoms with Crippen LogP contribution in [-0.4, -0.2) is 4.98 Å². The molecule has 1 fully saturated rings. The van der Waals surface area contributed by atoms with Gasteiger partial charge in [0.2, 0.25) is 0 Å². The number of rotatable bonds is 4. The van der Waals surface area contributed by atoms with E-state index in [-0.39, 0.29) is 6.04 Å². The van der Waals surface area contributed by atoms with Crippen LogP contribution in [0.3, 0.4) is 0 Å². The van der Waals surface area contributed by atoms with Crippen molar-refractivity contribution in [1.82, 2.24) is 10.4 Å². The summed E-state index contributed by atoms with van der Waals surface area (Å²) < 4.78 is 0. The number of hydrogen-bond acceptors (Lipinski definition) is 3. The molecule has 0 bridgehead atoms. The lowest BCUT2D eigenvalue weighted by atomic mass is 9.72. The summed E-state index contributed by atoms with van der Waals surface area (Å²) >= 11 is 0. The van der Waals surface area contributed by atoms with Crippen LogP contribution in [0.4, 0.5) is 0 Å².